The molecule has 0 aromatic heterocycles. The van der Waals surface area contributed by atoms with Gasteiger partial charge in [0.1, 0.15) is 17.7 Å². The lowest BCUT2D eigenvalue weighted by molar-refractivity contribution is 0.186. The first-order chi connectivity index (χ1) is 8.06. The van der Waals surface area contributed by atoms with E-state index in [1.165, 1.54) is 12.1 Å². The summed E-state index contributed by atoms with van der Waals surface area (Å²) in [5.41, 5.74) is 0.995. The zero-order valence-corrected chi connectivity index (χ0v) is 10.7. The van der Waals surface area contributed by atoms with Gasteiger partial charge in [0.25, 0.3) is 0 Å². The largest absolute Gasteiger partial charge is 0.489 e. The lowest BCUT2D eigenvalue weighted by atomic mass is 10.2. The van der Waals surface area contributed by atoms with Crippen LogP contribution in [0.25, 0.3) is 0 Å². The van der Waals surface area contributed by atoms with Gasteiger partial charge in [-0.25, -0.2) is 4.39 Å². The molecule has 2 rings (SSSR count). The van der Waals surface area contributed by atoms with Gasteiger partial charge in [0.05, 0.1) is 0 Å². The lowest BCUT2D eigenvalue weighted by Gasteiger charge is -2.20. The number of halogens is 1. The van der Waals surface area contributed by atoms with Crippen molar-refractivity contribution < 1.29 is 9.13 Å². The number of hydrogen-bond donors (Lipinski definition) is 0. The van der Waals surface area contributed by atoms with Gasteiger partial charge in [0.15, 0.2) is 0 Å². The van der Waals surface area contributed by atoms with Crippen LogP contribution >= 0.6 is 0 Å². The SMILES string of the molecule is Cc1ccc(F)cc1OC1CCN(C(C)C)C1. The summed E-state index contributed by atoms with van der Waals surface area (Å²) < 4.78 is 19.0. The van der Waals surface area contributed by atoms with Crippen molar-refractivity contribution in [3.05, 3.63) is 29.6 Å². The number of hydrogen-bond acceptors (Lipinski definition) is 2. The molecule has 94 valence electrons. The van der Waals surface area contributed by atoms with E-state index in [1.54, 1.807) is 6.07 Å². The first-order valence-corrected chi connectivity index (χ1v) is 6.23. The van der Waals surface area contributed by atoms with E-state index in [0.717, 1.165) is 25.1 Å². The van der Waals surface area contributed by atoms with Crippen molar-refractivity contribution in [1.29, 1.82) is 0 Å². The normalized spacial score (nSPS) is 21.1. The molecule has 0 radical (unpaired) electrons. The van der Waals surface area contributed by atoms with Gasteiger partial charge in [-0.15, -0.1) is 0 Å². The van der Waals surface area contributed by atoms with Crippen LogP contribution in [-0.2, 0) is 0 Å². The number of aryl methyl sites for hydroxylation is 1. The molecular formula is C14H20FNO. The van der Waals surface area contributed by atoms with Crippen molar-refractivity contribution in [3.63, 3.8) is 0 Å². The average molecular weight is 237 g/mol. The van der Waals surface area contributed by atoms with E-state index in [-0.39, 0.29) is 11.9 Å². The van der Waals surface area contributed by atoms with Gasteiger partial charge in [-0.3, -0.25) is 4.90 Å². The Morgan fingerprint density at radius 2 is 2.18 bits per heavy atom. The summed E-state index contributed by atoms with van der Waals surface area (Å²) in [5.74, 6) is 0.449. The van der Waals surface area contributed by atoms with Gasteiger partial charge in [-0.2, -0.15) is 0 Å². The van der Waals surface area contributed by atoms with E-state index in [4.69, 9.17) is 4.74 Å². The van der Waals surface area contributed by atoms with Crippen molar-refractivity contribution >= 4 is 0 Å². The highest BCUT2D eigenvalue weighted by atomic mass is 19.1. The van der Waals surface area contributed by atoms with Crippen molar-refractivity contribution in [2.24, 2.45) is 0 Å². The van der Waals surface area contributed by atoms with Crippen LogP contribution in [0.4, 0.5) is 4.39 Å². The summed E-state index contributed by atoms with van der Waals surface area (Å²) in [6, 6.07) is 5.27. The fraction of sp³-hybridized carbons (Fsp3) is 0.571. The summed E-state index contributed by atoms with van der Waals surface area (Å²) in [4.78, 5) is 2.39. The van der Waals surface area contributed by atoms with Crippen molar-refractivity contribution in [3.8, 4) is 5.75 Å². The number of rotatable bonds is 3. The minimum Gasteiger partial charge on any atom is -0.489 e. The predicted octanol–water partition coefficient (Wildman–Crippen LogP) is 3.00. The van der Waals surface area contributed by atoms with Crippen LogP contribution in [0, 0.1) is 12.7 Å². The number of likely N-dealkylation sites (tertiary alicyclic amines) is 1. The van der Waals surface area contributed by atoms with E-state index in [0.29, 0.717) is 11.8 Å². The molecule has 1 atom stereocenters. The third-order valence-electron chi connectivity index (χ3n) is 3.35. The Morgan fingerprint density at radius 3 is 2.82 bits per heavy atom. The highest BCUT2D eigenvalue weighted by molar-refractivity contribution is 5.32. The molecule has 1 aliphatic rings. The molecule has 1 saturated heterocycles. The molecule has 3 heteroatoms. The zero-order chi connectivity index (χ0) is 12.4. The Kier molecular flexibility index (Phi) is 3.67. The summed E-state index contributed by atoms with van der Waals surface area (Å²) in [7, 11) is 0. The van der Waals surface area contributed by atoms with Crippen LogP contribution in [0.2, 0.25) is 0 Å². The van der Waals surface area contributed by atoms with E-state index < -0.39 is 0 Å². The first kappa shape index (κ1) is 12.4. The second-order valence-electron chi connectivity index (χ2n) is 5.03. The third-order valence-corrected chi connectivity index (χ3v) is 3.35. The van der Waals surface area contributed by atoms with Crippen molar-refractivity contribution in [2.75, 3.05) is 13.1 Å². The van der Waals surface area contributed by atoms with E-state index in [9.17, 15) is 4.39 Å². The summed E-state index contributed by atoms with van der Waals surface area (Å²) in [5, 5.41) is 0. The lowest BCUT2D eigenvalue weighted by Crippen LogP contribution is -2.30. The highest BCUT2D eigenvalue weighted by Crippen LogP contribution is 2.23. The van der Waals surface area contributed by atoms with E-state index >= 15 is 0 Å². The average Bonchev–Trinajstić information content (AvgIpc) is 2.72. The quantitative estimate of drug-likeness (QED) is 0.801. The summed E-state index contributed by atoms with van der Waals surface area (Å²) in [6.45, 7) is 8.33. The molecule has 1 heterocycles. The van der Waals surface area contributed by atoms with Crippen LogP contribution in [0.1, 0.15) is 25.8 Å². The summed E-state index contributed by atoms with van der Waals surface area (Å²) >= 11 is 0. The van der Waals surface area contributed by atoms with E-state index in [1.807, 2.05) is 6.92 Å². The standard InChI is InChI=1S/C14H20FNO/c1-10(2)16-7-6-13(9-16)17-14-8-12(15)5-4-11(14)3/h4-5,8,10,13H,6-7,9H2,1-3H3. The maximum atomic E-state index is 13.1. The van der Waals surface area contributed by atoms with Crippen molar-refractivity contribution in [1.82, 2.24) is 4.90 Å². The molecule has 1 aromatic carbocycles. The van der Waals surface area contributed by atoms with Gasteiger partial charge in [0.2, 0.25) is 0 Å². The second kappa shape index (κ2) is 5.05. The fourth-order valence-electron chi connectivity index (χ4n) is 2.20. The number of nitrogens with zero attached hydrogens (tertiary/aromatic N) is 1. The minimum absolute atomic E-state index is 0.192. The molecule has 0 N–H and O–H groups in total. The van der Waals surface area contributed by atoms with Crippen LogP contribution < -0.4 is 4.74 Å². The molecule has 1 aliphatic heterocycles. The Morgan fingerprint density at radius 1 is 1.41 bits per heavy atom. The summed E-state index contributed by atoms with van der Waals surface area (Å²) in [6.07, 6.45) is 1.21. The molecule has 0 bridgehead atoms. The monoisotopic (exact) mass is 237 g/mol. The van der Waals surface area contributed by atoms with Gasteiger partial charge >= 0.3 is 0 Å². The molecule has 0 spiro atoms. The molecule has 2 nitrogen and oxygen atoms in total. The van der Waals surface area contributed by atoms with Crippen LogP contribution in [0.15, 0.2) is 18.2 Å². The van der Waals surface area contributed by atoms with Gasteiger partial charge in [-0.05, 0) is 38.8 Å². The maximum Gasteiger partial charge on any atom is 0.126 e. The molecule has 0 aliphatic carbocycles. The fourth-order valence-corrected chi connectivity index (χ4v) is 2.20. The smallest absolute Gasteiger partial charge is 0.126 e. The Balaban J connectivity index is 2.00. The third kappa shape index (κ3) is 2.97. The number of ether oxygens (including phenoxy) is 1. The van der Waals surface area contributed by atoms with Gasteiger partial charge in [-0.1, -0.05) is 6.07 Å². The molecule has 1 fully saturated rings. The van der Waals surface area contributed by atoms with Crippen molar-refractivity contribution in [2.45, 2.75) is 39.3 Å². The first-order valence-electron chi connectivity index (χ1n) is 6.23. The molecule has 17 heavy (non-hydrogen) atoms. The molecule has 1 unspecified atom stereocenters. The number of benzene rings is 1. The Hall–Kier alpha value is -1.09. The minimum atomic E-state index is -0.232. The molecular weight excluding hydrogens is 217 g/mol. The zero-order valence-electron chi connectivity index (χ0n) is 10.7. The van der Waals surface area contributed by atoms with E-state index in [2.05, 4.69) is 18.7 Å². The second-order valence-corrected chi connectivity index (χ2v) is 5.03. The Bertz CT molecular complexity index is 392. The van der Waals surface area contributed by atoms with Crippen LogP contribution in [0.5, 0.6) is 5.75 Å². The van der Waals surface area contributed by atoms with Crippen LogP contribution in [-0.4, -0.2) is 30.1 Å². The molecule has 0 saturated carbocycles. The topological polar surface area (TPSA) is 12.5 Å². The van der Waals surface area contributed by atoms with Gasteiger partial charge < -0.3 is 4.74 Å². The molecule has 0 amide bonds. The Labute approximate surface area is 102 Å². The molecule has 1 aromatic rings. The highest BCUT2D eigenvalue weighted by Gasteiger charge is 2.25. The predicted molar refractivity (Wildman–Crippen MR) is 66.9 cm³/mol. The van der Waals surface area contributed by atoms with Crippen LogP contribution in [0.3, 0.4) is 0 Å². The van der Waals surface area contributed by atoms with Gasteiger partial charge in [0, 0.05) is 25.2 Å². The maximum absolute atomic E-state index is 13.1.